The lowest BCUT2D eigenvalue weighted by Crippen LogP contribution is -2.07. The second-order valence-corrected chi connectivity index (χ2v) is 6.41. The van der Waals surface area contributed by atoms with Gasteiger partial charge in [-0.15, -0.1) is 0 Å². The number of nitrogens with zero attached hydrogens (tertiary/aromatic N) is 3. The number of hydrogen-bond acceptors (Lipinski definition) is 8. The number of nitrogens with two attached hydrogens (primary N) is 1. The molecule has 0 saturated carbocycles. The van der Waals surface area contributed by atoms with E-state index >= 15 is 0 Å². The first-order chi connectivity index (χ1) is 12.0. The lowest BCUT2D eigenvalue weighted by atomic mass is 10.2. The molecule has 0 bridgehead atoms. The first-order valence-corrected chi connectivity index (χ1v) is 8.83. The minimum Gasteiger partial charge on any atom is -0.462 e. The highest BCUT2D eigenvalue weighted by Gasteiger charge is 2.23. The summed E-state index contributed by atoms with van der Waals surface area (Å²) in [6.07, 6.45) is 1.66. The fourth-order valence-electron chi connectivity index (χ4n) is 2.31. The van der Waals surface area contributed by atoms with Gasteiger partial charge in [-0.25, -0.2) is 14.8 Å². The van der Waals surface area contributed by atoms with Crippen molar-refractivity contribution in [3.63, 3.8) is 0 Å². The van der Waals surface area contributed by atoms with Crippen LogP contribution in [0.3, 0.4) is 0 Å². The van der Waals surface area contributed by atoms with Crippen molar-refractivity contribution in [3.8, 4) is 0 Å². The van der Waals surface area contributed by atoms with Gasteiger partial charge in [-0.1, -0.05) is 23.4 Å². The molecule has 3 aromatic rings. The van der Waals surface area contributed by atoms with Gasteiger partial charge >= 0.3 is 5.97 Å². The van der Waals surface area contributed by atoms with Crippen molar-refractivity contribution in [2.24, 2.45) is 0 Å². The summed E-state index contributed by atoms with van der Waals surface area (Å²) in [5.74, 6) is 0.933. The Labute approximate surface area is 152 Å². The van der Waals surface area contributed by atoms with Gasteiger partial charge in [0.25, 0.3) is 0 Å². The standard InChI is InChI=1S/C16H15ClN4O3S/c1-3-23-16(22)11-8(2)24-14-12(11)13(18)20-10(21-14)7-25-15-9(17)5-4-6-19-15/h4-6H,3,7H2,1-2H3,(H2,18,20,21). The molecule has 25 heavy (non-hydrogen) atoms. The average Bonchev–Trinajstić information content (AvgIpc) is 2.91. The van der Waals surface area contributed by atoms with Gasteiger partial charge in [0, 0.05) is 6.20 Å². The van der Waals surface area contributed by atoms with Gasteiger partial charge in [-0.2, -0.15) is 4.98 Å². The third kappa shape index (κ3) is 3.54. The molecule has 0 aliphatic rings. The predicted octanol–water partition coefficient (Wildman–Crippen LogP) is 3.63. The van der Waals surface area contributed by atoms with Crippen LogP contribution in [-0.4, -0.2) is 27.5 Å². The molecule has 0 aliphatic carbocycles. The van der Waals surface area contributed by atoms with E-state index < -0.39 is 5.97 Å². The highest BCUT2D eigenvalue weighted by atomic mass is 35.5. The largest absolute Gasteiger partial charge is 0.462 e. The van der Waals surface area contributed by atoms with Crippen molar-refractivity contribution >= 4 is 46.2 Å². The highest BCUT2D eigenvalue weighted by molar-refractivity contribution is 7.98. The summed E-state index contributed by atoms with van der Waals surface area (Å²) in [6.45, 7) is 3.65. The Morgan fingerprint density at radius 1 is 1.44 bits per heavy atom. The minimum absolute atomic E-state index is 0.174. The van der Waals surface area contributed by atoms with E-state index in [-0.39, 0.29) is 23.7 Å². The van der Waals surface area contributed by atoms with Crippen LogP contribution in [0.1, 0.15) is 28.9 Å². The number of aromatic nitrogens is 3. The molecule has 3 aromatic heterocycles. The number of furan rings is 1. The molecular formula is C16H15ClN4O3S. The van der Waals surface area contributed by atoms with Crippen molar-refractivity contribution in [2.75, 3.05) is 12.3 Å². The lowest BCUT2D eigenvalue weighted by Gasteiger charge is -2.04. The Kier molecular flexibility index (Phi) is 5.10. The quantitative estimate of drug-likeness (QED) is 0.530. The van der Waals surface area contributed by atoms with Gasteiger partial charge in [0.2, 0.25) is 5.71 Å². The summed E-state index contributed by atoms with van der Waals surface area (Å²) in [5, 5.41) is 1.61. The average molecular weight is 379 g/mol. The fourth-order valence-corrected chi connectivity index (χ4v) is 3.33. The number of pyridine rings is 1. The molecular weight excluding hydrogens is 364 g/mol. The van der Waals surface area contributed by atoms with Gasteiger partial charge in [0.15, 0.2) is 0 Å². The summed E-state index contributed by atoms with van der Waals surface area (Å²) in [4.78, 5) is 24.9. The summed E-state index contributed by atoms with van der Waals surface area (Å²) in [7, 11) is 0. The van der Waals surface area contributed by atoms with E-state index in [9.17, 15) is 4.79 Å². The Bertz CT molecular complexity index is 945. The Morgan fingerprint density at radius 3 is 2.96 bits per heavy atom. The van der Waals surface area contributed by atoms with Crippen LogP contribution < -0.4 is 5.73 Å². The predicted molar refractivity (Wildman–Crippen MR) is 95.7 cm³/mol. The smallest absolute Gasteiger partial charge is 0.342 e. The second-order valence-electron chi connectivity index (χ2n) is 5.04. The number of carbonyl (C=O) groups is 1. The molecule has 130 valence electrons. The molecule has 0 unspecified atom stereocenters. The zero-order valence-corrected chi connectivity index (χ0v) is 15.1. The summed E-state index contributed by atoms with van der Waals surface area (Å²) >= 11 is 7.47. The summed E-state index contributed by atoms with van der Waals surface area (Å²) < 4.78 is 10.6. The summed E-state index contributed by atoms with van der Waals surface area (Å²) in [5.41, 5.74) is 6.56. The second kappa shape index (κ2) is 7.28. The molecule has 0 radical (unpaired) electrons. The van der Waals surface area contributed by atoms with Crippen LogP contribution >= 0.6 is 23.4 Å². The molecule has 0 aromatic carbocycles. The van der Waals surface area contributed by atoms with Crippen molar-refractivity contribution in [1.82, 2.24) is 15.0 Å². The third-order valence-electron chi connectivity index (χ3n) is 3.34. The molecule has 0 atom stereocenters. The highest BCUT2D eigenvalue weighted by Crippen LogP contribution is 2.31. The van der Waals surface area contributed by atoms with Gasteiger partial charge in [-0.3, -0.25) is 0 Å². The number of ether oxygens (including phenoxy) is 1. The normalized spacial score (nSPS) is 11.0. The van der Waals surface area contributed by atoms with Crippen LogP contribution in [0, 0.1) is 6.92 Å². The van der Waals surface area contributed by atoms with Crippen molar-refractivity contribution in [2.45, 2.75) is 24.6 Å². The van der Waals surface area contributed by atoms with Crippen LogP contribution in [0.15, 0.2) is 27.8 Å². The number of aryl methyl sites for hydroxylation is 1. The topological polar surface area (TPSA) is 104 Å². The van der Waals surface area contributed by atoms with E-state index in [0.717, 1.165) is 0 Å². The molecule has 3 heterocycles. The van der Waals surface area contributed by atoms with Gasteiger partial charge in [0.05, 0.1) is 22.8 Å². The zero-order chi connectivity index (χ0) is 18.0. The van der Waals surface area contributed by atoms with Gasteiger partial charge in [0.1, 0.15) is 28.0 Å². The number of esters is 1. The first-order valence-electron chi connectivity index (χ1n) is 7.47. The summed E-state index contributed by atoms with van der Waals surface area (Å²) in [6, 6.07) is 3.52. The molecule has 2 N–H and O–H groups in total. The number of nitrogen functional groups attached to an aromatic ring is 1. The molecule has 9 heteroatoms. The fraction of sp³-hybridized carbons (Fsp3) is 0.250. The molecule has 0 spiro atoms. The van der Waals surface area contributed by atoms with E-state index in [1.54, 1.807) is 32.2 Å². The SMILES string of the molecule is CCOC(=O)c1c(C)oc2nc(CSc3ncccc3Cl)nc(N)c12. The van der Waals surface area contributed by atoms with E-state index in [0.29, 0.717) is 32.8 Å². The molecule has 0 saturated heterocycles. The van der Waals surface area contributed by atoms with E-state index in [1.807, 2.05) is 0 Å². The maximum Gasteiger partial charge on any atom is 0.342 e. The number of hydrogen-bond donors (Lipinski definition) is 1. The monoisotopic (exact) mass is 378 g/mol. The Morgan fingerprint density at radius 2 is 2.24 bits per heavy atom. The van der Waals surface area contributed by atoms with Crippen molar-refractivity contribution in [3.05, 3.63) is 40.5 Å². The number of halogens is 1. The van der Waals surface area contributed by atoms with E-state index in [1.165, 1.54) is 11.8 Å². The van der Waals surface area contributed by atoms with Gasteiger partial charge in [-0.05, 0) is 26.0 Å². The maximum absolute atomic E-state index is 12.1. The van der Waals surface area contributed by atoms with Crippen molar-refractivity contribution < 1.29 is 13.9 Å². The van der Waals surface area contributed by atoms with Gasteiger partial charge < -0.3 is 14.9 Å². The Hall–Kier alpha value is -2.32. The van der Waals surface area contributed by atoms with Crippen LogP contribution in [-0.2, 0) is 10.5 Å². The van der Waals surface area contributed by atoms with E-state index in [4.69, 9.17) is 26.5 Å². The van der Waals surface area contributed by atoms with Crippen LogP contribution in [0.5, 0.6) is 0 Å². The molecule has 0 amide bonds. The van der Waals surface area contributed by atoms with Crippen LogP contribution in [0.25, 0.3) is 11.1 Å². The van der Waals surface area contributed by atoms with Crippen molar-refractivity contribution in [1.29, 1.82) is 0 Å². The minimum atomic E-state index is -0.503. The molecule has 3 rings (SSSR count). The maximum atomic E-state index is 12.1. The van der Waals surface area contributed by atoms with E-state index in [2.05, 4.69) is 15.0 Å². The molecule has 7 nitrogen and oxygen atoms in total. The van der Waals surface area contributed by atoms with Crippen LogP contribution in [0.2, 0.25) is 5.02 Å². The number of thioether (sulfide) groups is 1. The zero-order valence-electron chi connectivity index (χ0n) is 13.6. The molecule has 0 fully saturated rings. The molecule has 0 aliphatic heterocycles. The number of carbonyl (C=O) groups excluding carboxylic acids is 1. The Balaban J connectivity index is 1.92. The number of fused-ring (bicyclic) bond motifs is 1. The first kappa shape index (κ1) is 17.5. The third-order valence-corrected chi connectivity index (χ3v) is 4.76. The number of anilines is 1. The lowest BCUT2D eigenvalue weighted by molar-refractivity contribution is 0.0526. The number of rotatable bonds is 5. The van der Waals surface area contributed by atoms with Crippen LogP contribution in [0.4, 0.5) is 5.82 Å².